The molecular formula is C17H20N2O3. The number of nitro groups is 1. The van der Waals surface area contributed by atoms with Crippen molar-refractivity contribution >= 4 is 5.69 Å². The van der Waals surface area contributed by atoms with E-state index in [-0.39, 0.29) is 11.7 Å². The van der Waals surface area contributed by atoms with Crippen LogP contribution in [0.5, 0.6) is 0 Å². The quantitative estimate of drug-likeness (QED) is 0.656. The summed E-state index contributed by atoms with van der Waals surface area (Å²) in [5.74, 6) is 0. The number of nitro benzene ring substituents is 1. The summed E-state index contributed by atoms with van der Waals surface area (Å²) in [7, 11) is 1.93. The number of benzene rings is 2. The largest absolute Gasteiger partial charge is 0.387 e. The summed E-state index contributed by atoms with van der Waals surface area (Å²) >= 11 is 0. The van der Waals surface area contributed by atoms with Crippen LogP contribution >= 0.6 is 0 Å². The van der Waals surface area contributed by atoms with Crippen molar-refractivity contribution in [2.24, 2.45) is 0 Å². The lowest BCUT2D eigenvalue weighted by Crippen LogP contribution is -2.27. The number of non-ortho nitro benzene ring substituents is 1. The molecule has 22 heavy (non-hydrogen) atoms. The summed E-state index contributed by atoms with van der Waals surface area (Å²) < 4.78 is 0. The molecule has 2 aromatic carbocycles. The van der Waals surface area contributed by atoms with Crippen molar-refractivity contribution in [1.29, 1.82) is 0 Å². The van der Waals surface area contributed by atoms with Gasteiger partial charge in [0.1, 0.15) is 0 Å². The molecule has 0 aliphatic carbocycles. The third-order valence-electron chi connectivity index (χ3n) is 3.87. The van der Waals surface area contributed by atoms with Crippen LogP contribution in [0.15, 0.2) is 54.6 Å². The number of nitrogens with zero attached hydrogens (tertiary/aromatic N) is 2. The molecule has 2 atom stereocenters. The highest BCUT2D eigenvalue weighted by molar-refractivity contribution is 5.35. The summed E-state index contributed by atoms with van der Waals surface area (Å²) in [4.78, 5) is 12.4. The van der Waals surface area contributed by atoms with E-state index in [1.54, 1.807) is 12.1 Å². The molecule has 0 heterocycles. The number of aliphatic hydroxyl groups excluding tert-OH is 1. The van der Waals surface area contributed by atoms with Crippen LogP contribution in [0.25, 0.3) is 0 Å². The lowest BCUT2D eigenvalue weighted by Gasteiger charge is -2.27. The molecular weight excluding hydrogens is 280 g/mol. The van der Waals surface area contributed by atoms with Crippen molar-refractivity contribution in [2.75, 3.05) is 13.6 Å². The van der Waals surface area contributed by atoms with Gasteiger partial charge in [-0.3, -0.25) is 15.0 Å². The third-order valence-corrected chi connectivity index (χ3v) is 3.87. The standard InChI is InChI=1S/C17H20N2O3/c1-13(14-7-4-3-5-8-14)18(2)12-17(20)15-9-6-10-16(11-15)19(21)22/h3-11,13,17,20H,12H2,1-2H3. The molecule has 1 N–H and O–H groups in total. The monoisotopic (exact) mass is 300 g/mol. The highest BCUT2D eigenvalue weighted by Crippen LogP contribution is 2.24. The molecule has 0 saturated heterocycles. The van der Waals surface area contributed by atoms with Crippen LogP contribution in [0.1, 0.15) is 30.2 Å². The fourth-order valence-corrected chi connectivity index (χ4v) is 2.37. The fraction of sp³-hybridized carbons (Fsp3) is 0.294. The maximum absolute atomic E-state index is 10.8. The van der Waals surface area contributed by atoms with Gasteiger partial charge in [-0.15, -0.1) is 0 Å². The first-order chi connectivity index (χ1) is 10.5. The molecule has 0 aliphatic heterocycles. The van der Waals surface area contributed by atoms with E-state index < -0.39 is 11.0 Å². The minimum atomic E-state index is -0.768. The summed E-state index contributed by atoms with van der Waals surface area (Å²) in [5.41, 5.74) is 1.72. The molecule has 0 aromatic heterocycles. The number of rotatable bonds is 6. The Kier molecular flexibility index (Phi) is 5.25. The molecule has 0 amide bonds. The van der Waals surface area contributed by atoms with Crippen molar-refractivity contribution < 1.29 is 10.0 Å². The molecule has 2 rings (SSSR count). The van der Waals surface area contributed by atoms with Crippen molar-refractivity contribution in [2.45, 2.75) is 19.1 Å². The van der Waals surface area contributed by atoms with Gasteiger partial charge in [0.25, 0.3) is 5.69 Å². The van der Waals surface area contributed by atoms with Gasteiger partial charge in [0, 0.05) is 24.7 Å². The summed E-state index contributed by atoms with van der Waals surface area (Å²) in [6, 6.07) is 16.3. The van der Waals surface area contributed by atoms with Crippen LogP contribution in [0.4, 0.5) is 5.69 Å². The second kappa shape index (κ2) is 7.15. The van der Waals surface area contributed by atoms with E-state index in [2.05, 4.69) is 6.92 Å². The lowest BCUT2D eigenvalue weighted by atomic mass is 10.0. The highest BCUT2D eigenvalue weighted by atomic mass is 16.6. The van der Waals surface area contributed by atoms with Crippen LogP contribution in [-0.2, 0) is 0 Å². The number of hydrogen-bond donors (Lipinski definition) is 1. The molecule has 0 fully saturated rings. The first-order valence-corrected chi connectivity index (χ1v) is 7.16. The van der Waals surface area contributed by atoms with Gasteiger partial charge < -0.3 is 5.11 Å². The van der Waals surface area contributed by atoms with Gasteiger partial charge in [-0.25, -0.2) is 0 Å². The zero-order chi connectivity index (χ0) is 16.1. The van der Waals surface area contributed by atoms with Crippen molar-refractivity contribution in [1.82, 2.24) is 4.90 Å². The summed E-state index contributed by atoms with van der Waals surface area (Å²) in [5, 5.41) is 21.1. The number of hydrogen-bond acceptors (Lipinski definition) is 4. The molecule has 0 aliphatic rings. The average molecular weight is 300 g/mol. The van der Waals surface area contributed by atoms with Crippen LogP contribution in [-0.4, -0.2) is 28.5 Å². The molecule has 2 aromatic rings. The van der Waals surface area contributed by atoms with Crippen molar-refractivity contribution in [3.8, 4) is 0 Å². The first kappa shape index (κ1) is 16.1. The van der Waals surface area contributed by atoms with E-state index in [9.17, 15) is 15.2 Å². The summed E-state index contributed by atoms with van der Waals surface area (Å²) in [6.07, 6.45) is -0.768. The van der Waals surface area contributed by atoms with E-state index in [1.807, 2.05) is 42.3 Å². The molecule has 0 saturated carbocycles. The zero-order valence-corrected chi connectivity index (χ0v) is 12.7. The van der Waals surface area contributed by atoms with E-state index in [1.165, 1.54) is 12.1 Å². The van der Waals surface area contributed by atoms with Crippen molar-refractivity contribution in [3.05, 3.63) is 75.8 Å². The minimum absolute atomic E-state index is 0.00434. The molecule has 5 heteroatoms. The van der Waals surface area contributed by atoms with Gasteiger partial charge in [-0.2, -0.15) is 0 Å². The Morgan fingerprint density at radius 2 is 1.77 bits per heavy atom. The molecule has 116 valence electrons. The molecule has 0 bridgehead atoms. The smallest absolute Gasteiger partial charge is 0.269 e. The fourth-order valence-electron chi connectivity index (χ4n) is 2.37. The number of aliphatic hydroxyl groups is 1. The van der Waals surface area contributed by atoms with Crippen LogP contribution < -0.4 is 0 Å². The summed E-state index contributed by atoms with van der Waals surface area (Å²) in [6.45, 7) is 2.47. The Hall–Kier alpha value is -2.24. The van der Waals surface area contributed by atoms with E-state index in [0.717, 1.165) is 5.56 Å². The Bertz CT molecular complexity index is 631. The topological polar surface area (TPSA) is 66.6 Å². The predicted octanol–water partition coefficient (Wildman–Crippen LogP) is 3.32. The van der Waals surface area contributed by atoms with Crippen LogP contribution in [0.2, 0.25) is 0 Å². The van der Waals surface area contributed by atoms with Gasteiger partial charge in [0.15, 0.2) is 0 Å². The third kappa shape index (κ3) is 3.90. The first-order valence-electron chi connectivity index (χ1n) is 7.16. The molecule has 2 unspecified atom stereocenters. The van der Waals surface area contributed by atoms with Gasteiger partial charge >= 0.3 is 0 Å². The van der Waals surface area contributed by atoms with E-state index >= 15 is 0 Å². The zero-order valence-electron chi connectivity index (χ0n) is 12.7. The maximum Gasteiger partial charge on any atom is 0.269 e. The average Bonchev–Trinajstić information content (AvgIpc) is 2.54. The Morgan fingerprint density at radius 3 is 2.41 bits per heavy atom. The van der Waals surface area contributed by atoms with Gasteiger partial charge in [-0.1, -0.05) is 42.5 Å². The van der Waals surface area contributed by atoms with Crippen molar-refractivity contribution in [3.63, 3.8) is 0 Å². The van der Waals surface area contributed by atoms with E-state index in [4.69, 9.17) is 0 Å². The molecule has 5 nitrogen and oxygen atoms in total. The lowest BCUT2D eigenvalue weighted by molar-refractivity contribution is -0.385. The van der Waals surface area contributed by atoms with Crippen LogP contribution in [0, 0.1) is 10.1 Å². The van der Waals surface area contributed by atoms with Gasteiger partial charge in [0.2, 0.25) is 0 Å². The maximum atomic E-state index is 10.8. The Balaban J connectivity index is 2.06. The number of likely N-dealkylation sites (N-methyl/N-ethyl adjacent to an activating group) is 1. The predicted molar refractivity (Wildman–Crippen MR) is 85.5 cm³/mol. The van der Waals surface area contributed by atoms with Gasteiger partial charge in [0.05, 0.1) is 11.0 Å². The minimum Gasteiger partial charge on any atom is -0.387 e. The van der Waals surface area contributed by atoms with E-state index in [0.29, 0.717) is 12.1 Å². The highest BCUT2D eigenvalue weighted by Gasteiger charge is 2.18. The van der Waals surface area contributed by atoms with Crippen LogP contribution in [0.3, 0.4) is 0 Å². The Morgan fingerprint density at radius 1 is 1.14 bits per heavy atom. The SMILES string of the molecule is CC(c1ccccc1)N(C)CC(O)c1cccc([N+](=O)[O-])c1. The molecule has 0 spiro atoms. The van der Waals surface area contributed by atoms with Gasteiger partial charge in [-0.05, 0) is 25.1 Å². The Labute approximate surface area is 130 Å². The second-order valence-corrected chi connectivity index (χ2v) is 5.39. The molecule has 0 radical (unpaired) electrons. The second-order valence-electron chi connectivity index (χ2n) is 5.39. The normalized spacial score (nSPS) is 13.8.